The number of hydrogen-bond acceptors (Lipinski definition) is 1. The maximum absolute atomic E-state index is 2.24. The van der Waals surface area contributed by atoms with Crippen LogP contribution in [0.1, 0.15) is 19.8 Å². The van der Waals surface area contributed by atoms with E-state index in [1.807, 2.05) is 0 Å². The molecule has 2 rings (SSSR count). The van der Waals surface area contributed by atoms with Crippen molar-refractivity contribution in [3.63, 3.8) is 0 Å². The molecule has 0 aromatic heterocycles. The van der Waals surface area contributed by atoms with Crippen LogP contribution in [0.25, 0.3) is 0 Å². The highest BCUT2D eigenvalue weighted by molar-refractivity contribution is 5.36. The molecule has 12 heavy (non-hydrogen) atoms. The summed E-state index contributed by atoms with van der Waals surface area (Å²) in [7, 11) is 0. The minimum atomic E-state index is 1.06. The van der Waals surface area contributed by atoms with Crippen LogP contribution in [0.2, 0.25) is 0 Å². The second-order valence-electron chi connectivity index (χ2n) is 3.05. The lowest BCUT2D eigenvalue weighted by Crippen LogP contribution is -2.13. The van der Waals surface area contributed by atoms with Gasteiger partial charge in [-0.3, -0.25) is 0 Å². The third kappa shape index (κ3) is 1.22. The molecule has 0 atom stereocenters. The van der Waals surface area contributed by atoms with Gasteiger partial charge in [0.2, 0.25) is 0 Å². The molecular formula is C11H13N. The van der Waals surface area contributed by atoms with Crippen LogP contribution in [-0.4, -0.2) is 4.90 Å². The largest absolute Gasteiger partial charge is 0.324 e. The van der Waals surface area contributed by atoms with Gasteiger partial charge >= 0.3 is 0 Å². The van der Waals surface area contributed by atoms with Crippen LogP contribution in [0.4, 0.5) is 0 Å². The molecule has 0 aliphatic carbocycles. The molecule has 0 aromatic carbocycles. The lowest BCUT2D eigenvalue weighted by atomic mass is 10.1. The smallest absolute Gasteiger partial charge is 0.0412 e. The number of hydrogen-bond donors (Lipinski definition) is 0. The van der Waals surface area contributed by atoms with Gasteiger partial charge in [0.25, 0.3) is 0 Å². The molecule has 0 aromatic rings. The van der Waals surface area contributed by atoms with Crippen LogP contribution in [0.3, 0.4) is 0 Å². The first kappa shape index (κ1) is 7.41. The Labute approximate surface area is 73.4 Å². The summed E-state index contributed by atoms with van der Waals surface area (Å²) in [5.74, 6) is 0. The van der Waals surface area contributed by atoms with Crippen LogP contribution in [0, 0.1) is 0 Å². The van der Waals surface area contributed by atoms with Crippen molar-refractivity contribution in [1.29, 1.82) is 0 Å². The van der Waals surface area contributed by atoms with E-state index in [0.29, 0.717) is 0 Å². The molecule has 0 bridgehead atoms. The second-order valence-corrected chi connectivity index (χ2v) is 3.05. The predicted molar refractivity (Wildman–Crippen MR) is 51.2 cm³/mol. The van der Waals surface area contributed by atoms with E-state index in [0.717, 1.165) is 12.8 Å². The summed E-state index contributed by atoms with van der Waals surface area (Å²) in [5.41, 5.74) is 2.69. The van der Waals surface area contributed by atoms with E-state index < -0.39 is 0 Å². The van der Waals surface area contributed by atoms with Crippen LogP contribution in [-0.2, 0) is 0 Å². The first-order valence-corrected chi connectivity index (χ1v) is 4.44. The topological polar surface area (TPSA) is 3.24 Å². The standard InChI is InChI=1S/C11H13N/c1-2-10-6-7-11-5-3-4-8-12(11)9-10/h4-9H,2-3H2,1H3. The minimum Gasteiger partial charge on any atom is -0.324 e. The Morgan fingerprint density at radius 3 is 3.17 bits per heavy atom. The van der Waals surface area contributed by atoms with Crippen molar-refractivity contribution in [2.24, 2.45) is 0 Å². The van der Waals surface area contributed by atoms with E-state index in [9.17, 15) is 0 Å². The molecule has 0 saturated heterocycles. The summed E-state index contributed by atoms with van der Waals surface area (Å²) >= 11 is 0. The highest BCUT2D eigenvalue weighted by atomic mass is 15.1. The fraction of sp³-hybridized carbons (Fsp3) is 0.273. The lowest BCUT2D eigenvalue weighted by Gasteiger charge is -2.24. The van der Waals surface area contributed by atoms with Crippen molar-refractivity contribution in [3.8, 4) is 0 Å². The Morgan fingerprint density at radius 2 is 2.33 bits per heavy atom. The predicted octanol–water partition coefficient (Wildman–Crippen LogP) is 2.95. The van der Waals surface area contributed by atoms with Crippen LogP contribution >= 0.6 is 0 Å². The normalized spacial score (nSPS) is 20.2. The molecule has 62 valence electrons. The van der Waals surface area contributed by atoms with E-state index in [1.165, 1.54) is 11.3 Å². The molecule has 0 saturated carbocycles. The van der Waals surface area contributed by atoms with Crippen molar-refractivity contribution in [3.05, 3.63) is 48.0 Å². The Hall–Kier alpha value is -1.24. The third-order valence-corrected chi connectivity index (χ3v) is 2.21. The van der Waals surface area contributed by atoms with Gasteiger partial charge in [-0.1, -0.05) is 25.2 Å². The molecule has 1 heteroatoms. The van der Waals surface area contributed by atoms with E-state index in [-0.39, 0.29) is 0 Å². The Kier molecular flexibility index (Phi) is 1.86. The summed E-state index contributed by atoms with van der Waals surface area (Å²) in [6.07, 6.45) is 15.3. The molecule has 0 amide bonds. The van der Waals surface area contributed by atoms with Crippen LogP contribution < -0.4 is 0 Å². The summed E-state index contributed by atoms with van der Waals surface area (Å²) in [5, 5.41) is 0. The van der Waals surface area contributed by atoms with E-state index >= 15 is 0 Å². The Bertz CT molecular complexity index is 292. The maximum atomic E-state index is 2.24. The highest BCUT2D eigenvalue weighted by Gasteiger charge is 2.08. The average molecular weight is 159 g/mol. The van der Waals surface area contributed by atoms with Gasteiger partial charge in [0.1, 0.15) is 0 Å². The second kappa shape index (κ2) is 3.02. The first-order valence-electron chi connectivity index (χ1n) is 4.44. The number of rotatable bonds is 1. The number of nitrogens with zero attached hydrogens (tertiary/aromatic N) is 1. The van der Waals surface area contributed by atoms with Gasteiger partial charge in [-0.25, -0.2) is 0 Å². The van der Waals surface area contributed by atoms with Gasteiger partial charge in [-0.2, -0.15) is 0 Å². The van der Waals surface area contributed by atoms with Crippen LogP contribution in [0.15, 0.2) is 48.0 Å². The fourth-order valence-electron chi connectivity index (χ4n) is 1.45. The Morgan fingerprint density at radius 1 is 1.42 bits per heavy atom. The molecule has 0 fully saturated rings. The first-order chi connectivity index (χ1) is 5.90. The molecule has 0 N–H and O–H groups in total. The van der Waals surface area contributed by atoms with Gasteiger partial charge in [0.05, 0.1) is 0 Å². The van der Waals surface area contributed by atoms with E-state index in [2.05, 4.69) is 48.5 Å². The van der Waals surface area contributed by atoms with Gasteiger partial charge in [-0.15, -0.1) is 0 Å². The van der Waals surface area contributed by atoms with Crippen molar-refractivity contribution < 1.29 is 0 Å². The lowest BCUT2D eigenvalue weighted by molar-refractivity contribution is 0.620. The quantitative estimate of drug-likeness (QED) is 0.568. The zero-order valence-electron chi connectivity index (χ0n) is 7.33. The zero-order chi connectivity index (χ0) is 8.39. The van der Waals surface area contributed by atoms with Crippen molar-refractivity contribution in [1.82, 2.24) is 4.90 Å². The zero-order valence-corrected chi connectivity index (χ0v) is 7.33. The van der Waals surface area contributed by atoms with Gasteiger partial charge in [-0.05, 0) is 24.5 Å². The van der Waals surface area contributed by atoms with Crippen LogP contribution in [0.5, 0.6) is 0 Å². The Balaban J connectivity index is 2.26. The van der Waals surface area contributed by atoms with E-state index in [4.69, 9.17) is 0 Å². The molecule has 2 aliphatic heterocycles. The maximum Gasteiger partial charge on any atom is 0.0412 e. The van der Waals surface area contributed by atoms with E-state index in [1.54, 1.807) is 0 Å². The molecule has 2 aliphatic rings. The number of fused-ring (bicyclic) bond motifs is 1. The number of allylic oxidation sites excluding steroid dienone is 5. The monoisotopic (exact) mass is 159 g/mol. The van der Waals surface area contributed by atoms with Crippen molar-refractivity contribution in [2.45, 2.75) is 19.8 Å². The van der Waals surface area contributed by atoms with Crippen molar-refractivity contribution in [2.75, 3.05) is 0 Å². The molecule has 0 radical (unpaired) electrons. The fourth-order valence-corrected chi connectivity index (χ4v) is 1.45. The van der Waals surface area contributed by atoms with Crippen molar-refractivity contribution >= 4 is 0 Å². The molecular weight excluding hydrogens is 146 g/mol. The summed E-state index contributed by atoms with van der Waals surface area (Å²) in [6, 6.07) is 0. The van der Waals surface area contributed by atoms with Gasteiger partial charge in [0.15, 0.2) is 0 Å². The average Bonchev–Trinajstić information content (AvgIpc) is 2.17. The molecule has 1 nitrogen and oxygen atoms in total. The third-order valence-electron chi connectivity index (χ3n) is 2.21. The summed E-state index contributed by atoms with van der Waals surface area (Å²) < 4.78 is 0. The minimum absolute atomic E-state index is 1.06. The summed E-state index contributed by atoms with van der Waals surface area (Å²) in [4.78, 5) is 2.18. The van der Waals surface area contributed by atoms with Gasteiger partial charge in [0, 0.05) is 18.1 Å². The molecule has 2 heterocycles. The highest BCUT2D eigenvalue weighted by Crippen LogP contribution is 2.22. The summed E-state index contributed by atoms with van der Waals surface area (Å²) in [6.45, 7) is 2.18. The molecule has 0 spiro atoms. The SMILES string of the molecule is CCC1=CN2C=CCC=C2C=C1. The molecule has 0 unspecified atom stereocenters. The van der Waals surface area contributed by atoms with Gasteiger partial charge < -0.3 is 4.90 Å².